The number of aromatic nitrogens is 2. The Morgan fingerprint density at radius 3 is 2.46 bits per heavy atom. The van der Waals surface area contributed by atoms with Gasteiger partial charge in [0.1, 0.15) is 10.9 Å². The van der Waals surface area contributed by atoms with Crippen molar-refractivity contribution in [3.05, 3.63) is 11.4 Å². The number of nitrogens with zero attached hydrogens (tertiary/aromatic N) is 3. The molecule has 0 spiro atoms. The molecule has 0 saturated carbocycles. The second kappa shape index (κ2) is 7.33. The van der Waals surface area contributed by atoms with Crippen LogP contribution in [0.25, 0.3) is 0 Å². The maximum absolute atomic E-state index is 12.7. The Bertz CT molecular complexity index is 818. The van der Waals surface area contributed by atoms with Crippen LogP contribution in [0.2, 0.25) is 0 Å². The zero-order valence-corrected chi connectivity index (χ0v) is 16.2. The zero-order valence-electron chi connectivity index (χ0n) is 15.4. The number of hydrogen-bond acceptors (Lipinski definition) is 6. The van der Waals surface area contributed by atoms with Crippen molar-refractivity contribution in [3.8, 4) is 0 Å². The minimum Gasteiger partial charge on any atom is -0.480 e. The van der Waals surface area contributed by atoms with Crippen molar-refractivity contribution < 1.29 is 27.9 Å². The first-order chi connectivity index (χ1) is 12.0. The summed E-state index contributed by atoms with van der Waals surface area (Å²) in [5.41, 5.74) is 0.764. The van der Waals surface area contributed by atoms with E-state index < -0.39 is 40.1 Å². The molecule has 2 rings (SSSR count). The van der Waals surface area contributed by atoms with Gasteiger partial charge in [0.2, 0.25) is 15.9 Å². The molecule has 1 amide bonds. The second-order valence-corrected chi connectivity index (χ2v) is 8.06. The molecule has 11 heteroatoms. The molecule has 0 radical (unpaired) electrons. The number of aryl methyl sites for hydroxylation is 2. The largest absolute Gasteiger partial charge is 0.480 e. The van der Waals surface area contributed by atoms with E-state index in [4.69, 9.17) is 4.74 Å². The summed E-state index contributed by atoms with van der Waals surface area (Å²) in [7, 11) is -0.921. The molecule has 1 aromatic rings. The van der Waals surface area contributed by atoms with Crippen LogP contribution in [0.15, 0.2) is 4.90 Å². The molecule has 0 aromatic carbocycles. The molecule has 1 saturated heterocycles. The summed E-state index contributed by atoms with van der Waals surface area (Å²) in [6.45, 7) is 4.67. The van der Waals surface area contributed by atoms with E-state index in [2.05, 4.69) is 9.82 Å². The molecule has 1 aliphatic rings. The van der Waals surface area contributed by atoms with Gasteiger partial charge < -0.3 is 14.7 Å². The molecule has 2 heterocycles. The lowest BCUT2D eigenvalue weighted by molar-refractivity contribution is -0.148. The van der Waals surface area contributed by atoms with Gasteiger partial charge in [-0.3, -0.25) is 9.48 Å². The number of nitrogens with one attached hydrogen (secondary N) is 1. The SMILES string of the molecule is COC1CC(C(=O)O)N(C(=O)C(C)NS(=O)(=O)c2c(C)nn(C)c2C)C1. The Balaban J connectivity index is 2.22. The van der Waals surface area contributed by atoms with Crippen LogP contribution in [0.5, 0.6) is 0 Å². The Kier molecular flexibility index (Phi) is 5.73. The fraction of sp³-hybridized carbons (Fsp3) is 0.667. The van der Waals surface area contributed by atoms with Crippen LogP contribution >= 0.6 is 0 Å². The lowest BCUT2D eigenvalue weighted by Gasteiger charge is -2.25. The quantitative estimate of drug-likeness (QED) is 0.665. The van der Waals surface area contributed by atoms with E-state index in [1.807, 2.05) is 0 Å². The van der Waals surface area contributed by atoms with E-state index in [0.717, 1.165) is 4.90 Å². The minimum absolute atomic E-state index is 0.0191. The highest BCUT2D eigenvalue weighted by Crippen LogP contribution is 2.23. The van der Waals surface area contributed by atoms with Gasteiger partial charge in [0.05, 0.1) is 23.5 Å². The monoisotopic (exact) mass is 388 g/mol. The third kappa shape index (κ3) is 3.74. The molecule has 1 fully saturated rings. The summed E-state index contributed by atoms with van der Waals surface area (Å²) in [5, 5.41) is 13.4. The highest BCUT2D eigenvalue weighted by molar-refractivity contribution is 7.89. The van der Waals surface area contributed by atoms with E-state index in [1.54, 1.807) is 20.9 Å². The van der Waals surface area contributed by atoms with Crippen molar-refractivity contribution in [2.75, 3.05) is 13.7 Å². The van der Waals surface area contributed by atoms with Crippen LogP contribution in [0.4, 0.5) is 0 Å². The molecular weight excluding hydrogens is 364 g/mol. The van der Waals surface area contributed by atoms with Crippen LogP contribution in [0.1, 0.15) is 24.7 Å². The van der Waals surface area contributed by atoms with E-state index in [0.29, 0.717) is 11.4 Å². The molecule has 10 nitrogen and oxygen atoms in total. The number of likely N-dealkylation sites (tertiary alicyclic amines) is 1. The Morgan fingerprint density at radius 1 is 1.38 bits per heavy atom. The van der Waals surface area contributed by atoms with E-state index in [1.165, 1.54) is 18.7 Å². The molecule has 1 aliphatic heterocycles. The fourth-order valence-electron chi connectivity index (χ4n) is 3.18. The molecule has 0 aliphatic carbocycles. The van der Waals surface area contributed by atoms with Gasteiger partial charge in [0.25, 0.3) is 0 Å². The van der Waals surface area contributed by atoms with Gasteiger partial charge >= 0.3 is 5.97 Å². The van der Waals surface area contributed by atoms with Gasteiger partial charge in [0, 0.05) is 27.1 Å². The lowest BCUT2D eigenvalue weighted by atomic mass is 10.2. The van der Waals surface area contributed by atoms with Gasteiger partial charge in [-0.2, -0.15) is 9.82 Å². The number of carboxylic acid groups (broad SMARTS) is 1. The second-order valence-electron chi connectivity index (χ2n) is 6.40. The summed E-state index contributed by atoms with van der Waals surface area (Å²) in [6.07, 6.45) is -0.232. The fourth-order valence-corrected chi connectivity index (χ4v) is 4.81. The summed E-state index contributed by atoms with van der Waals surface area (Å²) in [5.74, 6) is -1.76. The van der Waals surface area contributed by atoms with Crippen molar-refractivity contribution >= 4 is 21.9 Å². The van der Waals surface area contributed by atoms with Crippen LogP contribution < -0.4 is 4.72 Å². The number of carboxylic acids is 1. The van der Waals surface area contributed by atoms with Crippen molar-refractivity contribution in [3.63, 3.8) is 0 Å². The number of amides is 1. The normalized spacial score (nSPS) is 21.8. The average Bonchev–Trinajstić information content (AvgIpc) is 3.07. The molecule has 146 valence electrons. The first-order valence-corrected chi connectivity index (χ1v) is 9.56. The van der Waals surface area contributed by atoms with Gasteiger partial charge in [0.15, 0.2) is 0 Å². The predicted molar refractivity (Wildman–Crippen MR) is 91.0 cm³/mol. The number of hydrogen-bond donors (Lipinski definition) is 2. The number of sulfonamides is 1. The first kappa shape index (κ1) is 20.3. The number of carbonyl (C=O) groups excluding carboxylic acids is 1. The van der Waals surface area contributed by atoms with Crippen molar-refractivity contribution in [2.45, 2.75) is 50.3 Å². The maximum Gasteiger partial charge on any atom is 0.326 e. The number of rotatable bonds is 6. The molecule has 3 atom stereocenters. The van der Waals surface area contributed by atoms with Crippen LogP contribution in [-0.4, -0.2) is 71.9 Å². The standard InChI is InChI=1S/C15H24N4O6S/c1-8-13(10(3)18(4)16-8)26(23,24)17-9(2)14(20)19-7-11(25-5)6-12(19)15(21)22/h9,11-12,17H,6-7H2,1-5H3,(H,21,22). The Morgan fingerprint density at radius 2 is 2.00 bits per heavy atom. The van der Waals surface area contributed by atoms with E-state index >= 15 is 0 Å². The third-order valence-electron chi connectivity index (χ3n) is 4.58. The smallest absolute Gasteiger partial charge is 0.326 e. The van der Waals surface area contributed by atoms with Crippen molar-refractivity contribution in [1.29, 1.82) is 0 Å². The number of methoxy groups -OCH3 is 1. The molecular formula is C15H24N4O6S. The summed E-state index contributed by atoms with van der Waals surface area (Å²) < 4.78 is 34.3. The Labute approximate surface area is 152 Å². The Hall–Kier alpha value is -1.98. The van der Waals surface area contributed by atoms with Crippen LogP contribution in [0.3, 0.4) is 0 Å². The molecule has 1 aromatic heterocycles. The zero-order chi connectivity index (χ0) is 19.8. The highest BCUT2D eigenvalue weighted by Gasteiger charge is 2.42. The van der Waals surface area contributed by atoms with Gasteiger partial charge in [-0.15, -0.1) is 0 Å². The maximum atomic E-state index is 12.7. The average molecular weight is 388 g/mol. The molecule has 26 heavy (non-hydrogen) atoms. The molecule has 0 bridgehead atoms. The van der Waals surface area contributed by atoms with Gasteiger partial charge in [-0.25, -0.2) is 13.2 Å². The number of carbonyl (C=O) groups is 2. The molecule has 3 unspecified atom stereocenters. The van der Waals surface area contributed by atoms with Gasteiger partial charge in [-0.1, -0.05) is 0 Å². The van der Waals surface area contributed by atoms with Gasteiger partial charge in [-0.05, 0) is 20.8 Å². The minimum atomic E-state index is -3.99. The van der Waals surface area contributed by atoms with E-state index in [-0.39, 0.29) is 17.9 Å². The molecule has 2 N–H and O–H groups in total. The number of ether oxygens (including phenoxy) is 1. The third-order valence-corrected chi connectivity index (χ3v) is 6.37. The number of aliphatic carboxylic acids is 1. The van der Waals surface area contributed by atoms with Crippen LogP contribution in [-0.2, 0) is 31.4 Å². The lowest BCUT2D eigenvalue weighted by Crippen LogP contribution is -2.50. The van der Waals surface area contributed by atoms with Crippen molar-refractivity contribution in [2.24, 2.45) is 7.05 Å². The topological polar surface area (TPSA) is 131 Å². The van der Waals surface area contributed by atoms with E-state index in [9.17, 15) is 23.1 Å². The summed E-state index contributed by atoms with van der Waals surface area (Å²) in [4.78, 5) is 25.2. The summed E-state index contributed by atoms with van der Waals surface area (Å²) >= 11 is 0. The first-order valence-electron chi connectivity index (χ1n) is 8.08. The highest BCUT2D eigenvalue weighted by atomic mass is 32.2. The van der Waals surface area contributed by atoms with Crippen molar-refractivity contribution in [1.82, 2.24) is 19.4 Å². The predicted octanol–water partition coefficient (Wildman–Crippen LogP) is -0.596. The van der Waals surface area contributed by atoms with Crippen LogP contribution in [0, 0.1) is 13.8 Å². The summed E-state index contributed by atoms with van der Waals surface area (Å²) in [6, 6.07) is -2.17.